The zero-order valence-electron chi connectivity index (χ0n) is 17.1. The summed E-state index contributed by atoms with van der Waals surface area (Å²) in [7, 11) is -1.77. The summed E-state index contributed by atoms with van der Waals surface area (Å²) < 4.78 is 44.6. The van der Waals surface area contributed by atoms with Crippen LogP contribution in [0.4, 0.5) is 9.52 Å². The molecule has 1 aromatic carbocycles. The molecule has 1 fully saturated rings. The average molecular weight is 456 g/mol. The van der Waals surface area contributed by atoms with E-state index in [1.165, 1.54) is 34.9 Å². The first-order valence-corrected chi connectivity index (χ1v) is 12.4. The molecule has 0 spiro atoms. The van der Waals surface area contributed by atoms with Crippen LogP contribution in [0.3, 0.4) is 0 Å². The molecule has 1 amide bonds. The van der Waals surface area contributed by atoms with Crippen molar-refractivity contribution in [2.75, 3.05) is 31.3 Å². The molecule has 2 heterocycles. The molecule has 164 valence electrons. The summed E-state index contributed by atoms with van der Waals surface area (Å²) in [4.78, 5) is 16.8. The molecule has 1 aliphatic heterocycles. The number of rotatable bonds is 8. The molecule has 2 aromatic rings. The Bertz CT molecular complexity index is 986. The van der Waals surface area contributed by atoms with Crippen LogP contribution in [0.2, 0.25) is 0 Å². The molecular formula is C20H26FN3O4S2. The molecule has 10 heteroatoms. The fourth-order valence-corrected chi connectivity index (χ4v) is 5.78. The molecule has 0 atom stereocenters. The third-order valence-corrected chi connectivity index (χ3v) is 7.93. The van der Waals surface area contributed by atoms with Gasteiger partial charge >= 0.3 is 0 Å². The van der Waals surface area contributed by atoms with Crippen molar-refractivity contribution in [1.29, 1.82) is 0 Å². The molecule has 3 rings (SSSR count). The normalized spacial score (nSPS) is 15.8. The number of ether oxygens (including phenoxy) is 1. The Kier molecular flexibility index (Phi) is 7.43. The average Bonchev–Trinajstić information content (AvgIpc) is 3.16. The highest BCUT2D eigenvalue weighted by Crippen LogP contribution is 2.29. The van der Waals surface area contributed by atoms with Crippen LogP contribution in [-0.4, -0.2) is 49.6 Å². The number of nitrogens with one attached hydrogen (secondary N) is 1. The number of nitrogens with zero attached hydrogens (tertiary/aromatic N) is 2. The minimum Gasteiger partial charge on any atom is -0.494 e. The smallest absolute Gasteiger partial charge is 0.226 e. The number of benzene rings is 1. The zero-order valence-corrected chi connectivity index (χ0v) is 18.7. The highest BCUT2D eigenvalue weighted by molar-refractivity contribution is 7.89. The molecule has 1 N–H and O–H groups in total. The number of anilines is 1. The van der Waals surface area contributed by atoms with E-state index in [4.69, 9.17) is 4.74 Å². The van der Waals surface area contributed by atoms with Gasteiger partial charge < -0.3 is 10.1 Å². The van der Waals surface area contributed by atoms with Crippen LogP contribution >= 0.6 is 11.3 Å². The van der Waals surface area contributed by atoms with Gasteiger partial charge in [-0.05, 0) is 43.4 Å². The summed E-state index contributed by atoms with van der Waals surface area (Å²) in [6, 6.07) is 4.60. The van der Waals surface area contributed by atoms with E-state index in [0.29, 0.717) is 55.2 Å². The van der Waals surface area contributed by atoms with Crippen LogP contribution in [0, 0.1) is 11.7 Å². The van der Waals surface area contributed by atoms with Gasteiger partial charge in [0.2, 0.25) is 15.9 Å². The molecule has 0 aliphatic carbocycles. The first-order valence-electron chi connectivity index (χ1n) is 9.89. The fraction of sp³-hybridized carbons (Fsp3) is 0.500. The minimum atomic E-state index is -3.18. The molecule has 0 bridgehead atoms. The number of hydrogen-bond donors (Lipinski definition) is 1. The number of sulfonamides is 1. The maximum absolute atomic E-state index is 13.9. The van der Waals surface area contributed by atoms with Crippen LogP contribution in [0.15, 0.2) is 23.6 Å². The zero-order chi connectivity index (χ0) is 21.7. The van der Waals surface area contributed by atoms with Crippen molar-refractivity contribution in [1.82, 2.24) is 9.29 Å². The SMILES string of the molecule is CCCS(=O)(=O)N1CCC(CC(=O)Nc2nc(-c3ccc(OC)c(F)c3)cs2)CC1. The molecule has 30 heavy (non-hydrogen) atoms. The number of carbonyl (C=O) groups is 1. The number of aromatic nitrogens is 1. The van der Waals surface area contributed by atoms with E-state index in [1.54, 1.807) is 11.4 Å². The van der Waals surface area contributed by atoms with E-state index in [-0.39, 0.29) is 23.3 Å². The highest BCUT2D eigenvalue weighted by atomic mass is 32.2. The summed E-state index contributed by atoms with van der Waals surface area (Å²) in [5.41, 5.74) is 1.18. The van der Waals surface area contributed by atoms with Gasteiger partial charge in [-0.15, -0.1) is 11.3 Å². The van der Waals surface area contributed by atoms with Crippen molar-refractivity contribution >= 4 is 32.4 Å². The van der Waals surface area contributed by atoms with Crippen LogP contribution in [0.5, 0.6) is 5.75 Å². The van der Waals surface area contributed by atoms with Crippen LogP contribution in [-0.2, 0) is 14.8 Å². The maximum atomic E-state index is 13.9. The first-order chi connectivity index (χ1) is 14.3. The Morgan fingerprint density at radius 3 is 2.73 bits per heavy atom. The first kappa shape index (κ1) is 22.6. The highest BCUT2D eigenvalue weighted by Gasteiger charge is 2.28. The van der Waals surface area contributed by atoms with Crippen LogP contribution in [0.25, 0.3) is 11.3 Å². The van der Waals surface area contributed by atoms with E-state index in [2.05, 4.69) is 10.3 Å². The van der Waals surface area contributed by atoms with Gasteiger partial charge in [-0.2, -0.15) is 0 Å². The Morgan fingerprint density at radius 2 is 2.10 bits per heavy atom. The van der Waals surface area contributed by atoms with Crippen molar-refractivity contribution in [3.8, 4) is 17.0 Å². The fourth-order valence-electron chi connectivity index (χ4n) is 3.50. The van der Waals surface area contributed by atoms with Gasteiger partial charge in [-0.25, -0.2) is 22.1 Å². The van der Waals surface area contributed by atoms with Crippen molar-refractivity contribution < 1.29 is 22.3 Å². The van der Waals surface area contributed by atoms with Gasteiger partial charge in [0, 0.05) is 30.5 Å². The molecule has 1 aliphatic rings. The molecule has 1 saturated heterocycles. The lowest BCUT2D eigenvalue weighted by molar-refractivity contribution is -0.117. The number of piperidine rings is 1. The van der Waals surface area contributed by atoms with Gasteiger partial charge in [0.25, 0.3) is 0 Å². The quantitative estimate of drug-likeness (QED) is 0.655. The van der Waals surface area contributed by atoms with E-state index < -0.39 is 15.8 Å². The van der Waals surface area contributed by atoms with Crippen LogP contribution < -0.4 is 10.1 Å². The Morgan fingerprint density at radius 1 is 1.37 bits per heavy atom. The van der Waals surface area contributed by atoms with E-state index in [0.717, 1.165) is 0 Å². The molecule has 0 saturated carbocycles. The standard InChI is InChI=1S/C20H26FN3O4S2/c1-3-10-30(26,27)24-8-6-14(7-9-24)11-19(25)23-20-22-17(13-29-20)15-4-5-18(28-2)16(21)12-15/h4-5,12-14H,3,6-11H2,1-2H3,(H,22,23,25). The Balaban J connectivity index is 1.52. The third-order valence-electron chi connectivity index (χ3n) is 5.10. The summed E-state index contributed by atoms with van der Waals surface area (Å²) >= 11 is 1.28. The van der Waals surface area contributed by atoms with Gasteiger partial charge in [-0.3, -0.25) is 4.79 Å². The predicted molar refractivity (Wildman–Crippen MR) is 116 cm³/mol. The summed E-state index contributed by atoms with van der Waals surface area (Å²) in [5.74, 6) is -0.139. The van der Waals surface area contributed by atoms with E-state index in [9.17, 15) is 17.6 Å². The lowest BCUT2D eigenvalue weighted by Crippen LogP contribution is -2.40. The molecular weight excluding hydrogens is 429 g/mol. The lowest BCUT2D eigenvalue weighted by atomic mass is 9.94. The third kappa shape index (κ3) is 5.55. The second kappa shape index (κ2) is 9.84. The molecule has 7 nitrogen and oxygen atoms in total. The maximum Gasteiger partial charge on any atom is 0.226 e. The Hall–Kier alpha value is -2.04. The second-order valence-corrected chi connectivity index (χ2v) is 10.2. The summed E-state index contributed by atoms with van der Waals surface area (Å²) in [6.07, 6.45) is 2.27. The van der Waals surface area contributed by atoms with Crippen molar-refractivity contribution in [3.05, 3.63) is 29.4 Å². The number of methoxy groups -OCH3 is 1. The minimum absolute atomic E-state index is 0.146. The predicted octanol–water partition coefficient (Wildman–Crippen LogP) is 3.74. The molecule has 0 unspecified atom stereocenters. The summed E-state index contributed by atoms with van der Waals surface area (Å²) in [6.45, 7) is 2.78. The monoisotopic (exact) mass is 455 g/mol. The number of halogens is 1. The van der Waals surface area contributed by atoms with Gasteiger partial charge in [-0.1, -0.05) is 6.92 Å². The van der Waals surface area contributed by atoms with Crippen molar-refractivity contribution in [3.63, 3.8) is 0 Å². The lowest BCUT2D eigenvalue weighted by Gasteiger charge is -2.30. The van der Waals surface area contributed by atoms with E-state index in [1.807, 2.05) is 6.92 Å². The summed E-state index contributed by atoms with van der Waals surface area (Å²) in [5, 5.41) is 5.01. The number of thiazole rings is 1. The number of carbonyl (C=O) groups excluding carboxylic acids is 1. The van der Waals surface area contributed by atoms with Crippen molar-refractivity contribution in [2.24, 2.45) is 5.92 Å². The second-order valence-electron chi connectivity index (χ2n) is 7.30. The van der Waals surface area contributed by atoms with Crippen LogP contribution in [0.1, 0.15) is 32.6 Å². The number of hydrogen-bond acceptors (Lipinski definition) is 6. The molecule has 0 radical (unpaired) electrons. The largest absolute Gasteiger partial charge is 0.494 e. The van der Waals surface area contributed by atoms with Gasteiger partial charge in [0.05, 0.1) is 18.6 Å². The number of amides is 1. The Labute approximate surface area is 180 Å². The van der Waals surface area contributed by atoms with E-state index >= 15 is 0 Å². The van der Waals surface area contributed by atoms with Gasteiger partial charge in [0.1, 0.15) is 0 Å². The topological polar surface area (TPSA) is 88.6 Å². The van der Waals surface area contributed by atoms with Gasteiger partial charge in [0.15, 0.2) is 16.7 Å². The molecule has 1 aromatic heterocycles. The van der Waals surface area contributed by atoms with Crippen molar-refractivity contribution in [2.45, 2.75) is 32.6 Å².